The monoisotopic (exact) mass is 365 g/mol. The normalized spacial score (nSPS) is 17.8. The first-order chi connectivity index (χ1) is 11.5. The number of aromatic hydroxyl groups is 1. The Morgan fingerprint density at radius 1 is 1.21 bits per heavy atom. The lowest BCUT2D eigenvalue weighted by atomic mass is 10.1. The van der Waals surface area contributed by atoms with Crippen molar-refractivity contribution in [2.24, 2.45) is 0 Å². The maximum atomic E-state index is 12.7. The molecule has 2 aromatic rings. The summed E-state index contributed by atoms with van der Waals surface area (Å²) in [5.41, 5.74) is 2.12. The number of phenols is 1. The fraction of sp³-hybridized carbons (Fsp3) is 0.278. The molecule has 1 atom stereocenters. The van der Waals surface area contributed by atoms with Crippen LogP contribution < -0.4 is 0 Å². The molecule has 0 saturated carbocycles. The Bertz CT molecular complexity index is 779. The van der Waals surface area contributed by atoms with Crippen molar-refractivity contribution in [3.8, 4) is 5.75 Å². The fourth-order valence-corrected chi connectivity index (χ4v) is 3.03. The third-order valence-corrected chi connectivity index (χ3v) is 4.85. The van der Waals surface area contributed by atoms with Gasteiger partial charge in [0, 0.05) is 12.1 Å². The zero-order valence-corrected chi connectivity index (χ0v) is 14.6. The molecular weight excluding hydrogens is 349 g/mol. The van der Waals surface area contributed by atoms with Crippen LogP contribution in [0.1, 0.15) is 27.6 Å². The second-order valence-electron chi connectivity index (χ2n) is 5.79. The lowest BCUT2D eigenvalue weighted by Crippen LogP contribution is -2.42. The van der Waals surface area contributed by atoms with Gasteiger partial charge in [-0.05, 0) is 48.4 Å². The zero-order valence-electron chi connectivity index (χ0n) is 13.1. The standard InChI is InChI=1S/C18H17Cl2NO3/c1-11-8-13(3-5-16(11)22)18(23)21-6-7-24-17(10-21)12-2-4-14(19)15(20)9-12/h2-5,8-9,17,22H,6-7,10H2,1H3/t17-/m1/s1. The number of aryl methyl sites for hydroxylation is 1. The Morgan fingerprint density at radius 2 is 2.00 bits per heavy atom. The number of phenolic OH excluding ortho intramolecular Hbond substituents is 1. The summed E-state index contributed by atoms with van der Waals surface area (Å²) >= 11 is 12.0. The number of rotatable bonds is 2. The van der Waals surface area contributed by atoms with Crippen LogP contribution in [0.3, 0.4) is 0 Å². The van der Waals surface area contributed by atoms with Gasteiger partial charge in [0.2, 0.25) is 0 Å². The van der Waals surface area contributed by atoms with Gasteiger partial charge in [0.15, 0.2) is 0 Å². The van der Waals surface area contributed by atoms with Gasteiger partial charge in [-0.15, -0.1) is 0 Å². The average molecular weight is 366 g/mol. The highest BCUT2D eigenvalue weighted by Crippen LogP contribution is 2.29. The van der Waals surface area contributed by atoms with Gasteiger partial charge < -0.3 is 14.7 Å². The van der Waals surface area contributed by atoms with Gasteiger partial charge >= 0.3 is 0 Å². The van der Waals surface area contributed by atoms with E-state index in [-0.39, 0.29) is 17.8 Å². The van der Waals surface area contributed by atoms with Crippen molar-refractivity contribution >= 4 is 29.1 Å². The third kappa shape index (κ3) is 3.51. The number of benzene rings is 2. The number of hydrogen-bond donors (Lipinski definition) is 1. The summed E-state index contributed by atoms with van der Waals surface area (Å²) < 4.78 is 5.78. The van der Waals surface area contributed by atoms with Crippen LogP contribution in [0.15, 0.2) is 36.4 Å². The summed E-state index contributed by atoms with van der Waals surface area (Å²) in [6.07, 6.45) is -0.240. The van der Waals surface area contributed by atoms with Crippen LogP contribution in [0, 0.1) is 6.92 Å². The number of hydrogen-bond acceptors (Lipinski definition) is 3. The molecule has 0 radical (unpaired) electrons. The first-order valence-electron chi connectivity index (χ1n) is 7.61. The Labute approximate surface area is 150 Å². The van der Waals surface area contributed by atoms with E-state index in [1.165, 1.54) is 0 Å². The molecule has 0 unspecified atom stereocenters. The summed E-state index contributed by atoms with van der Waals surface area (Å²) in [5, 5.41) is 10.6. The SMILES string of the molecule is Cc1cc(C(=O)N2CCO[C@@H](c3ccc(Cl)c(Cl)c3)C2)ccc1O. The van der Waals surface area contributed by atoms with E-state index >= 15 is 0 Å². The molecule has 6 heteroatoms. The zero-order chi connectivity index (χ0) is 17.3. The van der Waals surface area contributed by atoms with Crippen molar-refractivity contribution in [2.45, 2.75) is 13.0 Å². The smallest absolute Gasteiger partial charge is 0.254 e. The van der Waals surface area contributed by atoms with Crippen molar-refractivity contribution in [2.75, 3.05) is 19.7 Å². The number of morpholine rings is 1. The van der Waals surface area contributed by atoms with Crippen molar-refractivity contribution in [3.63, 3.8) is 0 Å². The fourth-order valence-electron chi connectivity index (χ4n) is 2.72. The Balaban J connectivity index is 1.78. The second-order valence-corrected chi connectivity index (χ2v) is 6.60. The molecule has 1 saturated heterocycles. The topological polar surface area (TPSA) is 49.8 Å². The minimum Gasteiger partial charge on any atom is -0.508 e. The summed E-state index contributed by atoms with van der Waals surface area (Å²) in [7, 11) is 0. The van der Waals surface area contributed by atoms with Gasteiger partial charge in [-0.1, -0.05) is 29.3 Å². The molecule has 0 bridgehead atoms. The van der Waals surface area contributed by atoms with Gasteiger partial charge in [-0.3, -0.25) is 4.79 Å². The number of carbonyl (C=O) groups is 1. The van der Waals surface area contributed by atoms with Crippen molar-refractivity contribution in [1.29, 1.82) is 0 Å². The predicted octanol–water partition coefficient (Wildman–Crippen LogP) is 4.22. The quantitative estimate of drug-likeness (QED) is 0.866. The Kier molecular flexibility index (Phi) is 4.99. The number of ether oxygens (including phenoxy) is 1. The molecule has 1 aliphatic rings. The van der Waals surface area contributed by atoms with Gasteiger partial charge in [-0.25, -0.2) is 0 Å². The van der Waals surface area contributed by atoms with Crippen LogP contribution in [0.5, 0.6) is 5.75 Å². The molecule has 24 heavy (non-hydrogen) atoms. The molecule has 0 spiro atoms. The maximum Gasteiger partial charge on any atom is 0.254 e. The van der Waals surface area contributed by atoms with E-state index in [1.807, 2.05) is 6.07 Å². The number of amides is 1. The van der Waals surface area contributed by atoms with Crippen LogP contribution in [-0.2, 0) is 4.74 Å². The second kappa shape index (κ2) is 7.01. The molecule has 126 valence electrons. The maximum absolute atomic E-state index is 12.7. The Hall–Kier alpha value is -1.75. The number of nitrogens with zero attached hydrogens (tertiary/aromatic N) is 1. The molecule has 0 aromatic heterocycles. The average Bonchev–Trinajstić information content (AvgIpc) is 2.59. The highest BCUT2D eigenvalue weighted by molar-refractivity contribution is 6.42. The van der Waals surface area contributed by atoms with E-state index in [2.05, 4.69) is 0 Å². The van der Waals surface area contributed by atoms with Crippen molar-refractivity contribution in [1.82, 2.24) is 4.90 Å². The van der Waals surface area contributed by atoms with Crippen molar-refractivity contribution in [3.05, 3.63) is 63.1 Å². The Morgan fingerprint density at radius 3 is 2.71 bits per heavy atom. The van der Waals surface area contributed by atoms with Crippen LogP contribution >= 0.6 is 23.2 Å². The first-order valence-corrected chi connectivity index (χ1v) is 8.37. The minimum absolute atomic E-state index is 0.0774. The number of carbonyl (C=O) groups excluding carboxylic acids is 1. The molecule has 1 aliphatic heterocycles. The van der Waals surface area contributed by atoms with Crippen LogP contribution in [0.4, 0.5) is 0 Å². The van der Waals surface area contributed by atoms with E-state index < -0.39 is 0 Å². The largest absolute Gasteiger partial charge is 0.508 e. The summed E-state index contributed by atoms with van der Waals surface area (Å²) in [6.45, 7) is 3.19. The highest BCUT2D eigenvalue weighted by atomic mass is 35.5. The summed E-state index contributed by atoms with van der Waals surface area (Å²) in [4.78, 5) is 14.5. The first kappa shape index (κ1) is 17.1. The molecule has 0 aliphatic carbocycles. The number of halogens is 2. The molecule has 4 nitrogen and oxygen atoms in total. The lowest BCUT2D eigenvalue weighted by molar-refractivity contribution is -0.0228. The van der Waals surface area contributed by atoms with Crippen LogP contribution in [-0.4, -0.2) is 35.6 Å². The van der Waals surface area contributed by atoms with E-state index in [0.29, 0.717) is 40.9 Å². The predicted molar refractivity (Wildman–Crippen MR) is 93.9 cm³/mol. The van der Waals surface area contributed by atoms with E-state index in [9.17, 15) is 9.90 Å². The van der Waals surface area contributed by atoms with Gasteiger partial charge in [0.1, 0.15) is 11.9 Å². The molecule has 2 aromatic carbocycles. The molecule has 3 rings (SSSR count). The third-order valence-electron chi connectivity index (χ3n) is 4.11. The van der Waals surface area contributed by atoms with Gasteiger partial charge in [-0.2, -0.15) is 0 Å². The van der Waals surface area contributed by atoms with Gasteiger partial charge in [0.05, 0.1) is 23.2 Å². The minimum atomic E-state index is -0.240. The van der Waals surface area contributed by atoms with Crippen molar-refractivity contribution < 1.29 is 14.6 Å². The van der Waals surface area contributed by atoms with Crippen LogP contribution in [0.2, 0.25) is 10.0 Å². The highest BCUT2D eigenvalue weighted by Gasteiger charge is 2.26. The van der Waals surface area contributed by atoms with Crippen LogP contribution in [0.25, 0.3) is 0 Å². The van der Waals surface area contributed by atoms with E-state index in [0.717, 1.165) is 5.56 Å². The molecular formula is C18H17Cl2NO3. The van der Waals surface area contributed by atoms with E-state index in [1.54, 1.807) is 42.2 Å². The van der Waals surface area contributed by atoms with Gasteiger partial charge in [0.25, 0.3) is 5.91 Å². The molecule has 1 fully saturated rings. The summed E-state index contributed by atoms with van der Waals surface area (Å²) in [5.74, 6) is 0.105. The summed E-state index contributed by atoms with van der Waals surface area (Å²) in [6, 6.07) is 10.2. The molecule has 1 heterocycles. The lowest BCUT2D eigenvalue weighted by Gasteiger charge is -2.33. The molecule has 1 N–H and O–H groups in total. The molecule has 1 amide bonds. The van der Waals surface area contributed by atoms with E-state index in [4.69, 9.17) is 27.9 Å².